The van der Waals surface area contributed by atoms with E-state index in [2.05, 4.69) is 0 Å². The Kier molecular flexibility index (Phi) is 3.58. The van der Waals surface area contributed by atoms with Crippen LogP contribution in [0.1, 0.15) is 52.9 Å². The lowest BCUT2D eigenvalue weighted by atomic mass is 9.78. The van der Waals surface area contributed by atoms with Crippen molar-refractivity contribution < 1.29 is 14.6 Å². The second kappa shape index (κ2) is 4.72. The van der Waals surface area contributed by atoms with Crippen molar-refractivity contribution >= 4 is 6.09 Å². The quantitative estimate of drug-likeness (QED) is 0.723. The van der Waals surface area contributed by atoms with Gasteiger partial charge in [-0.25, -0.2) is 4.79 Å². The Morgan fingerprint density at radius 2 is 2.11 bits per heavy atom. The van der Waals surface area contributed by atoms with Gasteiger partial charge in [-0.3, -0.25) is 0 Å². The first-order valence-electron chi connectivity index (χ1n) is 6.96. The van der Waals surface area contributed by atoms with Crippen LogP contribution in [0.5, 0.6) is 0 Å². The Hall–Kier alpha value is -0.770. The van der Waals surface area contributed by atoms with E-state index in [-0.39, 0.29) is 17.6 Å². The zero-order chi connectivity index (χ0) is 13.4. The molecule has 2 fully saturated rings. The lowest BCUT2D eigenvalue weighted by Gasteiger charge is -2.40. The smallest absolute Gasteiger partial charge is 0.410 e. The normalized spacial score (nSPS) is 32.9. The summed E-state index contributed by atoms with van der Waals surface area (Å²) >= 11 is 0. The van der Waals surface area contributed by atoms with Crippen LogP contribution in [0.2, 0.25) is 0 Å². The maximum atomic E-state index is 12.1. The zero-order valence-corrected chi connectivity index (χ0v) is 11.7. The molecule has 0 bridgehead atoms. The van der Waals surface area contributed by atoms with E-state index in [1.165, 1.54) is 0 Å². The summed E-state index contributed by atoms with van der Waals surface area (Å²) in [7, 11) is 0. The highest BCUT2D eigenvalue weighted by Crippen LogP contribution is 2.45. The van der Waals surface area contributed by atoms with Crippen LogP contribution in [0.4, 0.5) is 4.79 Å². The maximum Gasteiger partial charge on any atom is 0.410 e. The number of nitrogens with zero attached hydrogens (tertiary/aromatic N) is 1. The van der Waals surface area contributed by atoms with Gasteiger partial charge >= 0.3 is 6.09 Å². The van der Waals surface area contributed by atoms with Crippen molar-refractivity contribution in [3.05, 3.63) is 0 Å². The van der Waals surface area contributed by atoms with Gasteiger partial charge in [-0.05, 0) is 58.3 Å². The first-order valence-corrected chi connectivity index (χ1v) is 6.96. The Balaban J connectivity index is 1.97. The van der Waals surface area contributed by atoms with E-state index in [0.29, 0.717) is 0 Å². The van der Waals surface area contributed by atoms with Crippen molar-refractivity contribution in [3.63, 3.8) is 0 Å². The summed E-state index contributed by atoms with van der Waals surface area (Å²) in [6.45, 7) is 7.21. The summed E-state index contributed by atoms with van der Waals surface area (Å²) in [6, 6.07) is 0. The first kappa shape index (κ1) is 13.7. The van der Waals surface area contributed by atoms with E-state index in [4.69, 9.17) is 4.74 Å². The number of aliphatic hydroxyl groups is 1. The molecular formula is C14H25NO3. The van der Waals surface area contributed by atoms with Gasteiger partial charge in [0.2, 0.25) is 0 Å². The number of piperidine rings is 1. The van der Waals surface area contributed by atoms with Crippen LogP contribution in [0, 0.1) is 5.41 Å². The highest BCUT2D eigenvalue weighted by molar-refractivity contribution is 5.68. The molecule has 4 nitrogen and oxygen atoms in total. The second-order valence-corrected chi connectivity index (χ2v) is 6.90. The molecule has 4 heteroatoms. The van der Waals surface area contributed by atoms with E-state index >= 15 is 0 Å². The van der Waals surface area contributed by atoms with Gasteiger partial charge in [-0.15, -0.1) is 0 Å². The van der Waals surface area contributed by atoms with Gasteiger partial charge in [-0.2, -0.15) is 0 Å². The third-order valence-electron chi connectivity index (χ3n) is 3.99. The second-order valence-electron chi connectivity index (χ2n) is 6.90. The monoisotopic (exact) mass is 255 g/mol. The Bertz CT molecular complexity index is 319. The SMILES string of the molecule is CC(C)(C)OC(=O)N1CCC[C@]2(CC[C@@H](O)C2)C1. The first-order chi connectivity index (χ1) is 8.30. The molecule has 1 amide bonds. The van der Waals surface area contributed by atoms with E-state index < -0.39 is 5.60 Å². The number of likely N-dealkylation sites (tertiary alicyclic amines) is 1. The third-order valence-corrected chi connectivity index (χ3v) is 3.99. The van der Waals surface area contributed by atoms with Crippen molar-refractivity contribution in [1.82, 2.24) is 4.90 Å². The number of ether oxygens (including phenoxy) is 1. The molecule has 1 saturated carbocycles. The fourth-order valence-corrected chi connectivity index (χ4v) is 3.24. The molecule has 0 aromatic heterocycles. The fraction of sp³-hybridized carbons (Fsp3) is 0.929. The average Bonchev–Trinajstić information content (AvgIpc) is 2.57. The Morgan fingerprint density at radius 1 is 1.39 bits per heavy atom. The van der Waals surface area contributed by atoms with Crippen LogP contribution in [0.15, 0.2) is 0 Å². The van der Waals surface area contributed by atoms with Crippen molar-refractivity contribution in [3.8, 4) is 0 Å². The molecule has 1 spiro atoms. The minimum Gasteiger partial charge on any atom is -0.444 e. The average molecular weight is 255 g/mol. The van der Waals surface area contributed by atoms with Gasteiger partial charge in [0.25, 0.3) is 0 Å². The fourth-order valence-electron chi connectivity index (χ4n) is 3.24. The molecular weight excluding hydrogens is 230 g/mol. The minimum atomic E-state index is -0.434. The molecule has 0 radical (unpaired) electrons. The molecule has 1 heterocycles. The van der Waals surface area contributed by atoms with Crippen LogP contribution < -0.4 is 0 Å². The zero-order valence-electron chi connectivity index (χ0n) is 11.7. The predicted octanol–water partition coefficient (Wildman–Crippen LogP) is 2.55. The predicted molar refractivity (Wildman–Crippen MR) is 69.3 cm³/mol. The number of aliphatic hydroxyl groups excluding tert-OH is 1. The van der Waals surface area contributed by atoms with Crippen LogP contribution in [0.25, 0.3) is 0 Å². The van der Waals surface area contributed by atoms with Gasteiger partial charge in [0.05, 0.1) is 6.10 Å². The highest BCUT2D eigenvalue weighted by Gasteiger charge is 2.43. The number of hydrogen-bond acceptors (Lipinski definition) is 3. The van der Waals surface area contributed by atoms with E-state index in [9.17, 15) is 9.90 Å². The van der Waals surface area contributed by atoms with Gasteiger partial charge in [0, 0.05) is 13.1 Å². The van der Waals surface area contributed by atoms with Gasteiger partial charge in [-0.1, -0.05) is 0 Å². The molecule has 104 valence electrons. The van der Waals surface area contributed by atoms with E-state index in [1.807, 2.05) is 25.7 Å². The summed E-state index contributed by atoms with van der Waals surface area (Å²) in [6.07, 6.45) is 4.52. The van der Waals surface area contributed by atoms with Gasteiger partial charge in [0.15, 0.2) is 0 Å². The molecule has 0 aromatic carbocycles. The molecule has 1 saturated heterocycles. The molecule has 1 aliphatic heterocycles. The van der Waals surface area contributed by atoms with Crippen LogP contribution >= 0.6 is 0 Å². The molecule has 0 unspecified atom stereocenters. The largest absolute Gasteiger partial charge is 0.444 e. The molecule has 0 aromatic rings. The topological polar surface area (TPSA) is 49.8 Å². The molecule has 1 aliphatic carbocycles. The molecule has 18 heavy (non-hydrogen) atoms. The van der Waals surface area contributed by atoms with Gasteiger partial charge in [0.1, 0.15) is 5.60 Å². The van der Waals surface area contributed by atoms with Crippen molar-refractivity contribution in [2.45, 2.75) is 64.6 Å². The van der Waals surface area contributed by atoms with Crippen LogP contribution in [-0.2, 0) is 4.74 Å². The summed E-state index contributed by atoms with van der Waals surface area (Å²) in [5.41, 5.74) is -0.286. The van der Waals surface area contributed by atoms with E-state index in [1.54, 1.807) is 0 Å². The standard InChI is InChI=1S/C14H25NO3/c1-13(2,3)18-12(17)15-8-4-6-14(10-15)7-5-11(16)9-14/h11,16H,4-10H2,1-3H3/t11-,14-/m1/s1. The molecule has 2 atom stereocenters. The summed E-state index contributed by atoms with van der Waals surface area (Å²) in [5, 5.41) is 9.72. The Morgan fingerprint density at radius 3 is 2.67 bits per heavy atom. The molecule has 2 aliphatic rings. The summed E-state index contributed by atoms with van der Waals surface area (Å²) < 4.78 is 5.43. The maximum absolute atomic E-state index is 12.1. The van der Waals surface area contributed by atoms with Crippen molar-refractivity contribution in [1.29, 1.82) is 0 Å². The van der Waals surface area contributed by atoms with E-state index in [0.717, 1.165) is 45.2 Å². The Labute approximate surface area is 109 Å². The number of amides is 1. The van der Waals surface area contributed by atoms with Crippen LogP contribution in [0.3, 0.4) is 0 Å². The number of rotatable bonds is 0. The highest BCUT2D eigenvalue weighted by atomic mass is 16.6. The number of hydrogen-bond donors (Lipinski definition) is 1. The van der Waals surface area contributed by atoms with Crippen molar-refractivity contribution in [2.24, 2.45) is 5.41 Å². The van der Waals surface area contributed by atoms with Crippen molar-refractivity contribution in [2.75, 3.05) is 13.1 Å². The summed E-state index contributed by atoms with van der Waals surface area (Å²) in [5.74, 6) is 0. The van der Waals surface area contributed by atoms with Crippen LogP contribution in [-0.4, -0.2) is 40.9 Å². The lowest BCUT2D eigenvalue weighted by molar-refractivity contribution is 0.00279. The lowest BCUT2D eigenvalue weighted by Crippen LogP contribution is -2.47. The molecule has 1 N–H and O–H groups in total. The summed E-state index contributed by atoms with van der Waals surface area (Å²) in [4.78, 5) is 13.9. The number of carbonyl (C=O) groups is 1. The number of carbonyl (C=O) groups excluding carboxylic acids is 1. The third kappa shape index (κ3) is 3.16. The molecule has 2 rings (SSSR count). The minimum absolute atomic E-state index is 0.147. The van der Waals surface area contributed by atoms with Gasteiger partial charge < -0.3 is 14.7 Å².